The van der Waals surface area contributed by atoms with Gasteiger partial charge in [0.15, 0.2) is 0 Å². The first kappa shape index (κ1) is 12.3. The summed E-state index contributed by atoms with van der Waals surface area (Å²) < 4.78 is 5.27. The second-order valence-electron chi connectivity index (χ2n) is 4.73. The van der Waals surface area contributed by atoms with Crippen LogP contribution in [0, 0.1) is 5.92 Å². The fourth-order valence-electron chi connectivity index (χ4n) is 2.33. The molecular formula is C13H21N3O. The van der Waals surface area contributed by atoms with Crippen LogP contribution in [-0.4, -0.2) is 36.6 Å². The van der Waals surface area contributed by atoms with Crippen LogP contribution in [0.3, 0.4) is 0 Å². The molecular weight excluding hydrogens is 214 g/mol. The Morgan fingerprint density at radius 3 is 2.94 bits per heavy atom. The summed E-state index contributed by atoms with van der Waals surface area (Å²) in [4.78, 5) is 6.53. The second kappa shape index (κ2) is 5.47. The Bertz CT molecular complexity index is 365. The van der Waals surface area contributed by atoms with E-state index in [-0.39, 0.29) is 0 Å². The molecule has 1 atom stereocenters. The Hall–Kier alpha value is -1.13. The highest BCUT2D eigenvalue weighted by Gasteiger charge is 2.32. The lowest BCUT2D eigenvalue weighted by Gasteiger charge is -2.27. The topological polar surface area (TPSA) is 51.4 Å². The van der Waals surface area contributed by atoms with E-state index in [1.54, 1.807) is 13.3 Å². The smallest absolute Gasteiger partial charge is 0.217 e. The lowest BCUT2D eigenvalue weighted by Crippen LogP contribution is -2.39. The van der Waals surface area contributed by atoms with Gasteiger partial charge in [-0.05, 0) is 31.9 Å². The maximum absolute atomic E-state index is 5.85. The minimum absolute atomic E-state index is 0.486. The molecule has 94 valence electrons. The van der Waals surface area contributed by atoms with Gasteiger partial charge >= 0.3 is 0 Å². The molecule has 0 amide bonds. The third kappa shape index (κ3) is 2.96. The number of rotatable bonds is 6. The largest absolute Gasteiger partial charge is 0.481 e. The van der Waals surface area contributed by atoms with Crippen LogP contribution in [0.25, 0.3) is 0 Å². The molecule has 17 heavy (non-hydrogen) atoms. The highest BCUT2D eigenvalue weighted by molar-refractivity contribution is 5.25. The molecule has 0 bridgehead atoms. The summed E-state index contributed by atoms with van der Waals surface area (Å²) in [7, 11) is 3.79. The monoisotopic (exact) mass is 235 g/mol. The first-order chi connectivity index (χ1) is 8.26. The molecule has 1 aromatic rings. The van der Waals surface area contributed by atoms with Gasteiger partial charge in [-0.25, -0.2) is 4.98 Å². The molecule has 4 nitrogen and oxygen atoms in total. The van der Waals surface area contributed by atoms with Crippen molar-refractivity contribution in [2.75, 3.05) is 20.7 Å². The standard InChI is InChI=1S/C13H21N3O/c1-16(12(8-14)10-5-6-10)9-11-4-3-7-15-13(11)17-2/h3-4,7,10,12H,5-6,8-9,14H2,1-2H3. The second-order valence-corrected chi connectivity index (χ2v) is 4.73. The van der Waals surface area contributed by atoms with Crippen molar-refractivity contribution in [3.05, 3.63) is 23.9 Å². The van der Waals surface area contributed by atoms with Gasteiger partial charge in [0.1, 0.15) is 0 Å². The van der Waals surface area contributed by atoms with E-state index in [1.165, 1.54) is 12.8 Å². The number of nitrogens with zero attached hydrogens (tertiary/aromatic N) is 2. The zero-order chi connectivity index (χ0) is 12.3. The molecule has 0 radical (unpaired) electrons. The highest BCUT2D eigenvalue weighted by atomic mass is 16.5. The Labute approximate surface area is 103 Å². The maximum atomic E-state index is 5.85. The molecule has 2 rings (SSSR count). The zero-order valence-electron chi connectivity index (χ0n) is 10.6. The molecule has 1 aliphatic carbocycles. The number of nitrogens with two attached hydrogens (primary N) is 1. The fraction of sp³-hybridized carbons (Fsp3) is 0.615. The Morgan fingerprint density at radius 2 is 2.35 bits per heavy atom. The molecule has 2 N–H and O–H groups in total. The third-order valence-corrected chi connectivity index (χ3v) is 3.44. The van der Waals surface area contributed by atoms with Crippen molar-refractivity contribution in [3.63, 3.8) is 0 Å². The van der Waals surface area contributed by atoms with E-state index in [0.717, 1.165) is 24.6 Å². The number of methoxy groups -OCH3 is 1. The number of likely N-dealkylation sites (N-methyl/N-ethyl adjacent to an activating group) is 1. The van der Waals surface area contributed by atoms with Gasteiger partial charge in [-0.3, -0.25) is 4.90 Å². The van der Waals surface area contributed by atoms with Crippen LogP contribution in [0.2, 0.25) is 0 Å². The highest BCUT2D eigenvalue weighted by Crippen LogP contribution is 2.35. The lowest BCUT2D eigenvalue weighted by molar-refractivity contribution is 0.212. The average Bonchev–Trinajstić information content (AvgIpc) is 3.15. The maximum Gasteiger partial charge on any atom is 0.217 e. The van der Waals surface area contributed by atoms with E-state index in [1.807, 2.05) is 6.07 Å². The van der Waals surface area contributed by atoms with Crippen LogP contribution in [0.5, 0.6) is 5.88 Å². The van der Waals surface area contributed by atoms with Crippen LogP contribution in [-0.2, 0) is 6.54 Å². The summed E-state index contributed by atoms with van der Waals surface area (Å²) in [5.41, 5.74) is 6.97. The molecule has 1 saturated carbocycles. The first-order valence-corrected chi connectivity index (χ1v) is 6.14. The first-order valence-electron chi connectivity index (χ1n) is 6.14. The quantitative estimate of drug-likeness (QED) is 0.806. The summed E-state index contributed by atoms with van der Waals surface area (Å²) in [6.45, 7) is 1.57. The minimum Gasteiger partial charge on any atom is -0.481 e. The van der Waals surface area contributed by atoms with Gasteiger partial charge in [0, 0.05) is 30.9 Å². The molecule has 0 spiro atoms. The van der Waals surface area contributed by atoms with Gasteiger partial charge in [0.2, 0.25) is 5.88 Å². The Morgan fingerprint density at radius 1 is 1.59 bits per heavy atom. The molecule has 1 fully saturated rings. The van der Waals surface area contributed by atoms with E-state index < -0.39 is 0 Å². The number of hydrogen-bond acceptors (Lipinski definition) is 4. The Balaban J connectivity index is 2.03. The lowest BCUT2D eigenvalue weighted by atomic mass is 10.1. The summed E-state index contributed by atoms with van der Waals surface area (Å²) in [5, 5.41) is 0. The van der Waals surface area contributed by atoms with Gasteiger partial charge in [0.25, 0.3) is 0 Å². The van der Waals surface area contributed by atoms with Crippen molar-refractivity contribution in [3.8, 4) is 5.88 Å². The van der Waals surface area contributed by atoms with Gasteiger partial charge < -0.3 is 10.5 Å². The zero-order valence-corrected chi connectivity index (χ0v) is 10.6. The average molecular weight is 235 g/mol. The third-order valence-electron chi connectivity index (χ3n) is 3.44. The van der Waals surface area contributed by atoms with Crippen molar-refractivity contribution >= 4 is 0 Å². The van der Waals surface area contributed by atoms with Gasteiger partial charge in [0.05, 0.1) is 7.11 Å². The van der Waals surface area contributed by atoms with E-state index >= 15 is 0 Å². The molecule has 0 saturated heterocycles. The van der Waals surface area contributed by atoms with Gasteiger partial charge in [-0.1, -0.05) is 6.07 Å². The number of aromatic nitrogens is 1. The molecule has 0 aromatic carbocycles. The number of hydrogen-bond donors (Lipinski definition) is 1. The van der Waals surface area contributed by atoms with Crippen molar-refractivity contribution in [2.45, 2.75) is 25.4 Å². The van der Waals surface area contributed by atoms with Crippen molar-refractivity contribution in [1.29, 1.82) is 0 Å². The number of ether oxygens (including phenoxy) is 1. The van der Waals surface area contributed by atoms with Crippen LogP contribution in [0.4, 0.5) is 0 Å². The van der Waals surface area contributed by atoms with E-state index in [2.05, 4.69) is 23.0 Å². The van der Waals surface area contributed by atoms with Gasteiger partial charge in [-0.2, -0.15) is 0 Å². The predicted molar refractivity (Wildman–Crippen MR) is 67.8 cm³/mol. The van der Waals surface area contributed by atoms with E-state index in [9.17, 15) is 0 Å². The summed E-state index contributed by atoms with van der Waals surface area (Å²) in [6.07, 6.45) is 4.39. The Kier molecular flexibility index (Phi) is 3.97. The minimum atomic E-state index is 0.486. The van der Waals surface area contributed by atoms with Crippen LogP contribution >= 0.6 is 0 Å². The molecule has 1 heterocycles. The normalized spacial score (nSPS) is 17.2. The predicted octanol–water partition coefficient (Wildman–Crippen LogP) is 1.26. The summed E-state index contributed by atoms with van der Waals surface area (Å²) >= 11 is 0. The summed E-state index contributed by atoms with van der Waals surface area (Å²) in [6, 6.07) is 4.49. The van der Waals surface area contributed by atoms with Crippen LogP contribution in [0.1, 0.15) is 18.4 Å². The van der Waals surface area contributed by atoms with Crippen molar-refractivity contribution in [2.24, 2.45) is 11.7 Å². The fourth-order valence-corrected chi connectivity index (χ4v) is 2.33. The molecule has 1 unspecified atom stereocenters. The van der Waals surface area contributed by atoms with E-state index in [0.29, 0.717) is 11.9 Å². The van der Waals surface area contributed by atoms with Crippen molar-refractivity contribution < 1.29 is 4.74 Å². The summed E-state index contributed by atoms with van der Waals surface area (Å²) in [5.74, 6) is 1.50. The SMILES string of the molecule is COc1ncccc1CN(C)C(CN)C1CC1. The van der Waals surface area contributed by atoms with Crippen LogP contribution < -0.4 is 10.5 Å². The van der Waals surface area contributed by atoms with Crippen molar-refractivity contribution in [1.82, 2.24) is 9.88 Å². The molecule has 1 aromatic heterocycles. The van der Waals surface area contributed by atoms with E-state index in [4.69, 9.17) is 10.5 Å². The van der Waals surface area contributed by atoms with Crippen LogP contribution in [0.15, 0.2) is 18.3 Å². The molecule has 4 heteroatoms. The number of pyridine rings is 1. The molecule has 0 aliphatic heterocycles. The molecule has 1 aliphatic rings. The van der Waals surface area contributed by atoms with Gasteiger partial charge in [-0.15, -0.1) is 0 Å².